The number of rotatable bonds is 1. The number of likely N-dealkylation sites (N-methyl/N-ethyl adjacent to an activating group) is 1. The van der Waals surface area contributed by atoms with Gasteiger partial charge in [0.05, 0.1) is 0 Å². The van der Waals surface area contributed by atoms with Crippen molar-refractivity contribution < 1.29 is 22.8 Å². The predicted octanol–water partition coefficient (Wildman–Crippen LogP) is -0.561. The van der Waals surface area contributed by atoms with E-state index in [0.717, 1.165) is 7.05 Å². The van der Waals surface area contributed by atoms with E-state index in [9.17, 15) is 22.8 Å². The summed E-state index contributed by atoms with van der Waals surface area (Å²) < 4.78 is 36.1. The Kier molecular flexibility index (Phi) is 4.33. The van der Waals surface area contributed by atoms with E-state index in [1.54, 1.807) is 0 Å². The second kappa shape index (κ2) is 5.35. The van der Waals surface area contributed by atoms with E-state index in [-0.39, 0.29) is 0 Å². The van der Waals surface area contributed by atoms with Gasteiger partial charge in [-0.3, -0.25) is 9.59 Å². The first-order chi connectivity index (χ1) is 7.81. The third-order valence-corrected chi connectivity index (χ3v) is 2.35. The third kappa shape index (κ3) is 4.22. The van der Waals surface area contributed by atoms with Gasteiger partial charge in [0.15, 0.2) is 0 Å². The molecule has 17 heavy (non-hydrogen) atoms. The first-order valence-electron chi connectivity index (χ1n) is 5.13. The molecule has 0 aromatic carbocycles. The molecule has 98 valence electrons. The van der Waals surface area contributed by atoms with Crippen molar-refractivity contribution in [3.8, 4) is 0 Å². The average Bonchev–Trinajstić information content (AvgIpc) is 2.26. The Morgan fingerprint density at radius 1 is 1.29 bits per heavy atom. The van der Waals surface area contributed by atoms with Crippen LogP contribution in [-0.2, 0) is 9.59 Å². The van der Waals surface area contributed by atoms with Crippen molar-refractivity contribution in [2.45, 2.75) is 6.18 Å². The molecule has 5 nitrogen and oxygen atoms in total. The zero-order valence-electron chi connectivity index (χ0n) is 9.38. The molecule has 1 aliphatic rings. The molecule has 0 aromatic rings. The molecule has 1 heterocycles. The van der Waals surface area contributed by atoms with Gasteiger partial charge in [0.1, 0.15) is 6.54 Å². The normalized spacial score (nSPS) is 16.8. The summed E-state index contributed by atoms with van der Waals surface area (Å²) in [5, 5.41) is 2.98. The lowest BCUT2D eigenvalue weighted by Gasteiger charge is -2.28. The summed E-state index contributed by atoms with van der Waals surface area (Å²) in [5.41, 5.74) is 0. The fourth-order valence-corrected chi connectivity index (χ4v) is 1.51. The molecule has 1 fully saturated rings. The van der Waals surface area contributed by atoms with E-state index >= 15 is 0 Å². The second-order valence-electron chi connectivity index (χ2n) is 3.82. The molecule has 0 atom stereocenters. The summed E-state index contributed by atoms with van der Waals surface area (Å²) in [5.74, 6) is -2.00. The third-order valence-electron chi connectivity index (χ3n) is 2.35. The van der Waals surface area contributed by atoms with Crippen molar-refractivity contribution in [2.24, 2.45) is 0 Å². The molecule has 0 aliphatic carbocycles. The summed E-state index contributed by atoms with van der Waals surface area (Å²) in [6.07, 6.45) is -4.49. The summed E-state index contributed by atoms with van der Waals surface area (Å²) in [7, 11) is 0.968. The minimum atomic E-state index is -4.49. The fourth-order valence-electron chi connectivity index (χ4n) is 1.51. The number of carbonyl (C=O) groups excluding carboxylic acids is 2. The maximum absolute atomic E-state index is 12.0. The van der Waals surface area contributed by atoms with Gasteiger partial charge in [-0.15, -0.1) is 0 Å². The average molecular weight is 253 g/mol. The van der Waals surface area contributed by atoms with E-state index in [2.05, 4.69) is 5.32 Å². The summed E-state index contributed by atoms with van der Waals surface area (Å²) in [6.45, 7) is 0.350. The number of hydrogen-bond acceptors (Lipinski definition) is 3. The summed E-state index contributed by atoms with van der Waals surface area (Å²) in [6, 6.07) is 0. The molecule has 2 amide bonds. The highest BCUT2D eigenvalue weighted by Crippen LogP contribution is 2.15. The Labute approximate surface area is 96.5 Å². The van der Waals surface area contributed by atoms with Crippen LogP contribution in [0.1, 0.15) is 0 Å². The first-order valence-corrected chi connectivity index (χ1v) is 5.13. The van der Waals surface area contributed by atoms with Crippen LogP contribution in [0, 0.1) is 0 Å². The Hall–Kier alpha value is -1.31. The lowest BCUT2D eigenvalue weighted by molar-refractivity contribution is -0.165. The smallest absolute Gasteiger partial charge is 0.332 e. The highest BCUT2D eigenvalue weighted by atomic mass is 19.4. The molecule has 0 aromatic heterocycles. The van der Waals surface area contributed by atoms with Gasteiger partial charge in [0, 0.05) is 33.2 Å². The molecule has 1 rings (SSSR count). The molecule has 1 N–H and O–H groups in total. The predicted molar refractivity (Wildman–Crippen MR) is 53.1 cm³/mol. The number of hydrogen-bond donors (Lipinski definition) is 1. The fraction of sp³-hybridized carbons (Fsp3) is 0.778. The van der Waals surface area contributed by atoms with E-state index in [4.69, 9.17) is 0 Å². The SMILES string of the molecule is CN(CC(F)(F)F)C(=O)C(=O)N1CCNCC1. The zero-order valence-corrected chi connectivity index (χ0v) is 9.38. The van der Waals surface area contributed by atoms with E-state index in [1.165, 1.54) is 4.90 Å². The van der Waals surface area contributed by atoms with Gasteiger partial charge >= 0.3 is 18.0 Å². The quantitative estimate of drug-likeness (QED) is 0.637. The number of alkyl halides is 3. The van der Waals surface area contributed by atoms with Crippen LogP contribution >= 0.6 is 0 Å². The molecule has 1 saturated heterocycles. The van der Waals surface area contributed by atoms with Gasteiger partial charge in [-0.25, -0.2) is 0 Å². The second-order valence-corrected chi connectivity index (χ2v) is 3.82. The van der Waals surface area contributed by atoms with Gasteiger partial charge in [0.2, 0.25) is 0 Å². The van der Waals surface area contributed by atoms with Crippen LogP contribution in [0.15, 0.2) is 0 Å². The molecule has 1 aliphatic heterocycles. The number of halogens is 3. The van der Waals surface area contributed by atoms with Gasteiger partial charge < -0.3 is 15.1 Å². The summed E-state index contributed by atoms with van der Waals surface area (Å²) in [4.78, 5) is 24.6. The molecule has 0 saturated carbocycles. The molecule has 8 heteroatoms. The number of nitrogens with one attached hydrogen (secondary N) is 1. The number of amides is 2. The van der Waals surface area contributed by atoms with Gasteiger partial charge in [-0.05, 0) is 0 Å². The van der Waals surface area contributed by atoms with Crippen LogP contribution in [0.4, 0.5) is 13.2 Å². The Morgan fingerprint density at radius 3 is 2.29 bits per heavy atom. The Morgan fingerprint density at radius 2 is 1.82 bits per heavy atom. The molecule has 0 radical (unpaired) electrons. The van der Waals surface area contributed by atoms with Crippen LogP contribution < -0.4 is 5.32 Å². The lowest BCUT2D eigenvalue weighted by atomic mass is 10.3. The van der Waals surface area contributed by atoms with Gasteiger partial charge in [0.25, 0.3) is 0 Å². The summed E-state index contributed by atoms with van der Waals surface area (Å²) >= 11 is 0. The molecule has 0 bridgehead atoms. The van der Waals surface area contributed by atoms with E-state index < -0.39 is 24.5 Å². The van der Waals surface area contributed by atoms with Crippen molar-refractivity contribution >= 4 is 11.8 Å². The van der Waals surface area contributed by atoms with Gasteiger partial charge in [-0.1, -0.05) is 0 Å². The minimum absolute atomic E-state index is 0.338. The molecule has 0 spiro atoms. The Bertz CT molecular complexity index is 300. The van der Waals surface area contributed by atoms with Crippen molar-refractivity contribution in [1.29, 1.82) is 0 Å². The highest BCUT2D eigenvalue weighted by molar-refractivity contribution is 6.34. The maximum Gasteiger partial charge on any atom is 0.406 e. The highest BCUT2D eigenvalue weighted by Gasteiger charge is 2.34. The van der Waals surface area contributed by atoms with Crippen molar-refractivity contribution in [3.63, 3.8) is 0 Å². The first kappa shape index (κ1) is 13.8. The number of nitrogens with zero attached hydrogens (tertiary/aromatic N) is 2. The van der Waals surface area contributed by atoms with Crippen LogP contribution in [-0.4, -0.2) is 67.6 Å². The van der Waals surface area contributed by atoms with E-state index in [0.29, 0.717) is 31.1 Å². The van der Waals surface area contributed by atoms with Gasteiger partial charge in [-0.2, -0.15) is 13.2 Å². The van der Waals surface area contributed by atoms with Crippen molar-refractivity contribution in [1.82, 2.24) is 15.1 Å². The minimum Gasteiger partial charge on any atom is -0.332 e. The maximum atomic E-state index is 12.0. The molecular weight excluding hydrogens is 239 g/mol. The number of piperazine rings is 1. The monoisotopic (exact) mass is 253 g/mol. The zero-order chi connectivity index (χ0) is 13.1. The largest absolute Gasteiger partial charge is 0.406 e. The van der Waals surface area contributed by atoms with Crippen LogP contribution in [0.2, 0.25) is 0 Å². The van der Waals surface area contributed by atoms with Crippen molar-refractivity contribution in [3.05, 3.63) is 0 Å². The number of carbonyl (C=O) groups is 2. The van der Waals surface area contributed by atoms with Crippen molar-refractivity contribution in [2.75, 3.05) is 39.8 Å². The standard InChI is InChI=1S/C9H14F3N3O2/c1-14(6-9(10,11)12)7(16)8(17)15-4-2-13-3-5-15/h13H,2-6H2,1H3. The Balaban J connectivity index is 2.53. The topological polar surface area (TPSA) is 52.7 Å². The molecular formula is C9H14F3N3O2. The molecule has 0 unspecified atom stereocenters. The van der Waals surface area contributed by atoms with E-state index in [1.807, 2.05) is 0 Å². The van der Waals surface area contributed by atoms with Crippen LogP contribution in [0.5, 0.6) is 0 Å². The lowest BCUT2D eigenvalue weighted by Crippen LogP contribution is -2.52. The van der Waals surface area contributed by atoms with Crippen LogP contribution in [0.3, 0.4) is 0 Å². The van der Waals surface area contributed by atoms with Crippen LogP contribution in [0.25, 0.3) is 0 Å².